The van der Waals surface area contributed by atoms with Crippen molar-refractivity contribution in [1.82, 2.24) is 0 Å². The molecule has 1 saturated carbocycles. The molecule has 0 aromatic rings. The van der Waals surface area contributed by atoms with Gasteiger partial charge in [-0.05, 0) is 24.7 Å². The van der Waals surface area contributed by atoms with E-state index in [2.05, 4.69) is 11.4 Å². The Balaban J connectivity index is 1.34. The predicted molar refractivity (Wildman–Crippen MR) is 104 cm³/mol. The third-order valence-electron chi connectivity index (χ3n) is 5.59. The zero-order chi connectivity index (χ0) is 19.5. The Kier molecular flexibility index (Phi) is 10.3. The summed E-state index contributed by atoms with van der Waals surface area (Å²) < 4.78 is 25.5. The number of esters is 1. The second-order valence-electron chi connectivity index (χ2n) is 8.09. The van der Waals surface area contributed by atoms with Gasteiger partial charge in [0.25, 0.3) is 0 Å². The largest absolute Gasteiger partial charge is 0.472 e. The molecule has 1 aliphatic heterocycles. The van der Waals surface area contributed by atoms with Crippen LogP contribution in [0.2, 0.25) is 0 Å². The van der Waals surface area contributed by atoms with Crippen molar-refractivity contribution >= 4 is 13.8 Å². The maximum Gasteiger partial charge on any atom is 0.472 e. The number of phosphoric acid groups is 1. The highest BCUT2D eigenvalue weighted by molar-refractivity contribution is 7.47. The maximum absolute atomic E-state index is 11.7. The van der Waals surface area contributed by atoms with Crippen LogP contribution in [0.5, 0.6) is 0 Å². The molecule has 0 radical (unpaired) electrons. The number of ether oxygens (including phenoxy) is 1. The fourth-order valence-corrected chi connectivity index (χ4v) is 4.73. The topological polar surface area (TPSA) is 82.1 Å². The molecule has 158 valence electrons. The van der Waals surface area contributed by atoms with Gasteiger partial charge in [0.05, 0.1) is 6.61 Å². The number of carbonyl (C=O) groups excluding carboxylic acids is 1. The zero-order valence-electron chi connectivity index (χ0n) is 16.8. The molecule has 1 N–H and O–H groups in total. The number of phosphoric ester groups is 1. The molecular weight excluding hydrogens is 367 g/mol. The molecule has 1 heterocycles. The highest BCUT2D eigenvalue weighted by atomic mass is 31.2. The van der Waals surface area contributed by atoms with Crippen LogP contribution in [0.4, 0.5) is 0 Å². The molecule has 1 unspecified atom stereocenters. The van der Waals surface area contributed by atoms with Crippen LogP contribution in [0.1, 0.15) is 90.4 Å². The summed E-state index contributed by atoms with van der Waals surface area (Å²) in [5.41, 5.74) is 0. The van der Waals surface area contributed by atoms with Crippen molar-refractivity contribution in [3.63, 3.8) is 0 Å². The van der Waals surface area contributed by atoms with Crippen molar-refractivity contribution < 1.29 is 28.0 Å². The second kappa shape index (κ2) is 12.2. The second-order valence-corrected chi connectivity index (χ2v) is 9.49. The summed E-state index contributed by atoms with van der Waals surface area (Å²) in [6, 6.07) is 0. The molecule has 27 heavy (non-hydrogen) atoms. The number of rotatable bonds is 15. The van der Waals surface area contributed by atoms with E-state index in [9.17, 15) is 9.36 Å². The summed E-state index contributed by atoms with van der Waals surface area (Å²) in [6.45, 7) is 2.23. The monoisotopic (exact) mass is 404 g/mol. The zero-order valence-corrected chi connectivity index (χ0v) is 17.7. The van der Waals surface area contributed by atoms with Gasteiger partial charge in [-0.25, -0.2) is 4.57 Å². The molecule has 2 fully saturated rings. The van der Waals surface area contributed by atoms with Crippen LogP contribution in [0.25, 0.3) is 0 Å². The quantitative estimate of drug-likeness (QED) is 0.224. The van der Waals surface area contributed by atoms with Crippen molar-refractivity contribution in [3.05, 3.63) is 0 Å². The molecule has 4 atom stereocenters. The maximum atomic E-state index is 11.7. The first kappa shape index (κ1) is 22.9. The van der Waals surface area contributed by atoms with E-state index in [1.165, 1.54) is 64.2 Å². The fourth-order valence-electron chi connectivity index (χ4n) is 3.82. The van der Waals surface area contributed by atoms with Crippen LogP contribution < -0.4 is 0 Å². The van der Waals surface area contributed by atoms with Crippen molar-refractivity contribution in [2.24, 2.45) is 11.8 Å². The Bertz CT molecular complexity index is 483. The summed E-state index contributed by atoms with van der Waals surface area (Å²) >= 11 is 0. The number of hydrogen-bond acceptors (Lipinski definition) is 5. The number of unbranched alkanes of at least 4 members (excludes halogenated alkanes) is 7. The van der Waals surface area contributed by atoms with Gasteiger partial charge in [-0.15, -0.1) is 0 Å². The van der Waals surface area contributed by atoms with E-state index in [1.807, 2.05) is 0 Å². The first-order chi connectivity index (χ1) is 13.0. The van der Waals surface area contributed by atoms with Crippen LogP contribution in [0, 0.1) is 11.8 Å². The average molecular weight is 404 g/mol. The molecule has 6 nitrogen and oxygen atoms in total. The summed E-state index contributed by atoms with van der Waals surface area (Å²) in [6.07, 6.45) is 15.2. The molecule has 0 amide bonds. The molecule has 0 aromatic carbocycles. The van der Waals surface area contributed by atoms with Crippen molar-refractivity contribution in [3.8, 4) is 0 Å². The normalized spacial score (nSPS) is 29.8. The molecule has 1 aliphatic carbocycles. The number of hydrogen-bond donors (Lipinski definition) is 1. The highest BCUT2D eigenvalue weighted by Crippen LogP contribution is 2.49. The van der Waals surface area contributed by atoms with Gasteiger partial charge >= 0.3 is 13.8 Å². The Labute approximate surface area is 164 Å². The Morgan fingerprint density at radius 3 is 2.30 bits per heavy atom. The molecule has 0 spiro atoms. The SMILES string of the molecule is CCCCCC[C@@H]1C[C@@H]1CCCCCCCC(=O)OC[C@H]1COP(=O)(O)O1. The predicted octanol–water partition coefficient (Wildman–Crippen LogP) is 5.38. The van der Waals surface area contributed by atoms with Gasteiger partial charge in [0, 0.05) is 6.42 Å². The van der Waals surface area contributed by atoms with E-state index < -0.39 is 13.9 Å². The van der Waals surface area contributed by atoms with Crippen molar-refractivity contribution in [2.45, 2.75) is 96.5 Å². The van der Waals surface area contributed by atoms with Gasteiger partial charge in [-0.2, -0.15) is 0 Å². The van der Waals surface area contributed by atoms with Crippen LogP contribution >= 0.6 is 7.82 Å². The standard InChI is InChI=1S/C20H37O6P/c1-2-3-4-8-11-17-14-18(17)12-9-6-5-7-10-13-20(21)24-15-19-16-25-27(22,23)26-19/h17-19H,2-16H2,1H3,(H,22,23)/t17-,18+,19+/m1/s1. The van der Waals surface area contributed by atoms with Gasteiger partial charge in [-0.1, -0.05) is 71.1 Å². The minimum atomic E-state index is -3.90. The third-order valence-corrected chi connectivity index (χ3v) is 6.63. The molecular formula is C20H37O6P. The third kappa shape index (κ3) is 10.1. The summed E-state index contributed by atoms with van der Waals surface area (Å²) in [5, 5.41) is 0. The van der Waals surface area contributed by atoms with E-state index in [0.29, 0.717) is 6.42 Å². The first-order valence-corrected chi connectivity index (χ1v) is 12.3. The van der Waals surface area contributed by atoms with E-state index in [4.69, 9.17) is 14.2 Å². The van der Waals surface area contributed by atoms with Crippen LogP contribution in [0.3, 0.4) is 0 Å². The Morgan fingerprint density at radius 2 is 1.67 bits per heavy atom. The lowest BCUT2D eigenvalue weighted by Gasteiger charge is -2.08. The van der Waals surface area contributed by atoms with E-state index >= 15 is 0 Å². The number of carbonyl (C=O) groups is 1. The molecule has 1 saturated heterocycles. The minimum Gasteiger partial charge on any atom is -0.463 e. The van der Waals surface area contributed by atoms with Crippen molar-refractivity contribution in [1.29, 1.82) is 0 Å². The smallest absolute Gasteiger partial charge is 0.463 e. The first-order valence-electron chi connectivity index (χ1n) is 10.8. The highest BCUT2D eigenvalue weighted by Gasteiger charge is 2.36. The summed E-state index contributed by atoms with van der Waals surface area (Å²) in [5.74, 6) is 1.74. The van der Waals surface area contributed by atoms with E-state index in [0.717, 1.165) is 24.7 Å². The lowest BCUT2D eigenvalue weighted by Crippen LogP contribution is -2.20. The van der Waals surface area contributed by atoms with Crippen LogP contribution in [0.15, 0.2) is 0 Å². The minimum absolute atomic E-state index is 0.0123. The molecule has 7 heteroatoms. The molecule has 2 rings (SSSR count). The van der Waals surface area contributed by atoms with Crippen LogP contribution in [-0.2, 0) is 23.1 Å². The van der Waals surface area contributed by atoms with Gasteiger partial charge in [0.2, 0.25) is 0 Å². The Morgan fingerprint density at radius 1 is 1.04 bits per heavy atom. The average Bonchev–Trinajstić information content (AvgIpc) is 3.28. The van der Waals surface area contributed by atoms with Gasteiger partial charge in [-0.3, -0.25) is 13.8 Å². The molecule has 0 bridgehead atoms. The summed E-state index contributed by atoms with van der Waals surface area (Å²) in [7, 11) is -3.90. The molecule has 2 aliphatic rings. The summed E-state index contributed by atoms with van der Waals surface area (Å²) in [4.78, 5) is 20.7. The van der Waals surface area contributed by atoms with Gasteiger partial charge in [0.15, 0.2) is 0 Å². The van der Waals surface area contributed by atoms with E-state index in [1.54, 1.807) is 0 Å². The molecule has 0 aromatic heterocycles. The van der Waals surface area contributed by atoms with Crippen molar-refractivity contribution in [2.75, 3.05) is 13.2 Å². The van der Waals surface area contributed by atoms with E-state index in [-0.39, 0.29) is 19.2 Å². The lowest BCUT2D eigenvalue weighted by atomic mass is 10.0. The Hall–Kier alpha value is -0.420. The van der Waals surface area contributed by atoms with Gasteiger partial charge in [0.1, 0.15) is 12.7 Å². The lowest BCUT2D eigenvalue weighted by molar-refractivity contribution is -0.146. The fraction of sp³-hybridized carbons (Fsp3) is 0.950. The van der Waals surface area contributed by atoms with Crippen LogP contribution in [-0.4, -0.2) is 30.2 Å². The van der Waals surface area contributed by atoms with Gasteiger partial charge < -0.3 is 9.63 Å².